The molecule has 10 heteroatoms. The normalized spacial score (nSPS) is 15.5. The summed E-state index contributed by atoms with van der Waals surface area (Å²) in [6.07, 6.45) is 0. The Bertz CT molecular complexity index is 1370. The minimum atomic E-state index is -1.00. The number of nitrogens with zero attached hydrogens (tertiary/aromatic N) is 1. The van der Waals surface area contributed by atoms with Crippen LogP contribution in [0, 0.1) is 0 Å². The summed E-state index contributed by atoms with van der Waals surface area (Å²) in [6.45, 7) is 0. The monoisotopic (exact) mass is 551 g/mol. The van der Waals surface area contributed by atoms with Gasteiger partial charge in [-0.3, -0.25) is 14.5 Å². The van der Waals surface area contributed by atoms with Crippen LogP contribution in [0.4, 0.5) is 5.69 Å². The Morgan fingerprint density at radius 3 is 2.17 bits per heavy atom. The Morgan fingerprint density at radius 1 is 0.886 bits per heavy atom. The highest BCUT2D eigenvalue weighted by Gasteiger charge is 2.45. The number of carbonyl (C=O) groups is 2. The molecule has 0 aromatic heterocycles. The smallest absolute Gasteiger partial charge is 0.294 e. The number of hydrogen-bond acceptors (Lipinski definition) is 5. The number of aliphatic hydroxyl groups excluding tert-OH is 1. The lowest BCUT2D eigenvalue weighted by molar-refractivity contribution is -0.117. The zero-order valence-electron chi connectivity index (χ0n) is 18.3. The van der Waals surface area contributed by atoms with Crippen molar-refractivity contribution in [1.29, 1.82) is 0 Å². The van der Waals surface area contributed by atoms with Crippen molar-refractivity contribution in [3.8, 4) is 11.5 Å². The summed E-state index contributed by atoms with van der Waals surface area (Å²) >= 11 is 24.5. The number of ketones is 1. The topological polar surface area (TPSA) is 76.1 Å². The summed E-state index contributed by atoms with van der Waals surface area (Å²) in [5.41, 5.74) is 0.708. The van der Waals surface area contributed by atoms with Crippen LogP contribution in [0.15, 0.2) is 65.9 Å². The third-order valence-electron chi connectivity index (χ3n) is 5.56. The van der Waals surface area contributed by atoms with Gasteiger partial charge in [0.2, 0.25) is 0 Å². The fourth-order valence-electron chi connectivity index (χ4n) is 3.89. The molecule has 6 nitrogen and oxygen atoms in total. The number of carbonyl (C=O) groups excluding carboxylic acids is 2. The van der Waals surface area contributed by atoms with Gasteiger partial charge in [-0.15, -0.1) is 0 Å². The van der Waals surface area contributed by atoms with Crippen LogP contribution in [0.25, 0.3) is 0 Å². The zero-order chi connectivity index (χ0) is 25.4. The van der Waals surface area contributed by atoms with E-state index in [1.165, 1.54) is 31.3 Å². The second-order valence-corrected chi connectivity index (χ2v) is 9.08. The maximum Gasteiger partial charge on any atom is 0.294 e. The number of ether oxygens (including phenoxy) is 2. The molecule has 35 heavy (non-hydrogen) atoms. The molecule has 0 fully saturated rings. The number of hydrogen-bond donors (Lipinski definition) is 1. The minimum absolute atomic E-state index is 0.0106. The Morgan fingerprint density at radius 2 is 1.54 bits per heavy atom. The number of benzene rings is 3. The van der Waals surface area contributed by atoms with Gasteiger partial charge < -0.3 is 14.6 Å². The molecule has 1 aliphatic heterocycles. The number of halogens is 4. The maximum absolute atomic E-state index is 13.7. The lowest BCUT2D eigenvalue weighted by Crippen LogP contribution is -2.31. The quantitative estimate of drug-likeness (QED) is 0.261. The molecule has 1 N–H and O–H groups in total. The average Bonchev–Trinajstić information content (AvgIpc) is 3.12. The zero-order valence-corrected chi connectivity index (χ0v) is 21.3. The molecule has 1 aliphatic rings. The van der Waals surface area contributed by atoms with Crippen LogP contribution in [0.2, 0.25) is 20.1 Å². The first kappa shape index (κ1) is 25.2. The first-order valence-electron chi connectivity index (χ1n) is 10.1. The molecule has 1 atom stereocenters. The molecule has 0 saturated heterocycles. The van der Waals surface area contributed by atoms with E-state index in [-0.39, 0.29) is 26.2 Å². The van der Waals surface area contributed by atoms with Gasteiger partial charge in [0.25, 0.3) is 5.91 Å². The fourth-order valence-corrected chi connectivity index (χ4v) is 4.63. The van der Waals surface area contributed by atoms with Crippen LogP contribution in [0.1, 0.15) is 22.0 Å². The Balaban J connectivity index is 1.91. The molecule has 3 aromatic carbocycles. The minimum Gasteiger partial charge on any atom is -0.503 e. The third kappa shape index (κ3) is 4.43. The van der Waals surface area contributed by atoms with E-state index in [9.17, 15) is 14.7 Å². The van der Waals surface area contributed by atoms with Gasteiger partial charge in [-0.2, -0.15) is 0 Å². The van der Waals surface area contributed by atoms with E-state index in [4.69, 9.17) is 55.9 Å². The summed E-state index contributed by atoms with van der Waals surface area (Å²) in [4.78, 5) is 28.3. The van der Waals surface area contributed by atoms with Crippen molar-refractivity contribution in [3.05, 3.63) is 97.1 Å². The van der Waals surface area contributed by atoms with Gasteiger partial charge in [0.05, 0.1) is 40.9 Å². The highest BCUT2D eigenvalue weighted by atomic mass is 35.5. The summed E-state index contributed by atoms with van der Waals surface area (Å²) in [7, 11) is 2.95. The van der Waals surface area contributed by atoms with Gasteiger partial charge in [0, 0.05) is 22.3 Å². The molecule has 180 valence electrons. The molecular weight excluding hydrogens is 536 g/mol. The maximum atomic E-state index is 13.7. The van der Waals surface area contributed by atoms with Gasteiger partial charge in [-0.1, -0.05) is 58.5 Å². The Hall–Kier alpha value is -2.90. The summed E-state index contributed by atoms with van der Waals surface area (Å²) in [5, 5.41) is 11.5. The standard InChI is InChI=1S/C25H17Cl4NO5/c1-34-17-10-7-14(11-18(17)35-2)30-22(12-3-5-13(26)6-4-12)19(24(32)25(30)33)23(31)15-8-9-16(27)21(29)20(15)28/h3-11,22,32H,1-2H3. The third-order valence-corrected chi connectivity index (χ3v) is 7.11. The van der Waals surface area contributed by atoms with E-state index in [0.717, 1.165) is 0 Å². The number of Topliss-reactive ketones (excluding diaryl/α,β-unsaturated/α-hetero) is 1. The lowest BCUT2D eigenvalue weighted by Gasteiger charge is -2.27. The predicted molar refractivity (Wildman–Crippen MR) is 137 cm³/mol. The summed E-state index contributed by atoms with van der Waals surface area (Å²) < 4.78 is 10.7. The number of methoxy groups -OCH3 is 2. The van der Waals surface area contributed by atoms with E-state index in [0.29, 0.717) is 27.8 Å². The Kier molecular flexibility index (Phi) is 7.20. The largest absolute Gasteiger partial charge is 0.503 e. The van der Waals surface area contributed by atoms with Crippen molar-refractivity contribution in [1.82, 2.24) is 0 Å². The van der Waals surface area contributed by atoms with E-state index in [1.54, 1.807) is 42.5 Å². The molecule has 3 aromatic rings. The number of anilines is 1. The molecule has 1 amide bonds. The lowest BCUT2D eigenvalue weighted by atomic mass is 9.92. The molecule has 0 aliphatic carbocycles. The van der Waals surface area contributed by atoms with E-state index < -0.39 is 23.5 Å². The highest BCUT2D eigenvalue weighted by Crippen LogP contribution is 2.45. The van der Waals surface area contributed by atoms with E-state index in [2.05, 4.69) is 0 Å². The van der Waals surface area contributed by atoms with E-state index in [1.807, 2.05) is 0 Å². The fraction of sp³-hybridized carbons (Fsp3) is 0.120. The number of rotatable bonds is 6. The number of amides is 1. The van der Waals surface area contributed by atoms with Crippen LogP contribution in [0.5, 0.6) is 11.5 Å². The van der Waals surface area contributed by atoms with Crippen LogP contribution < -0.4 is 14.4 Å². The summed E-state index contributed by atoms with van der Waals surface area (Å²) in [6, 6.07) is 13.2. The molecule has 0 saturated carbocycles. The van der Waals surface area contributed by atoms with Crippen molar-refractivity contribution in [2.45, 2.75) is 6.04 Å². The van der Waals surface area contributed by atoms with Crippen LogP contribution in [0.3, 0.4) is 0 Å². The van der Waals surface area contributed by atoms with Crippen LogP contribution in [-0.4, -0.2) is 31.0 Å². The van der Waals surface area contributed by atoms with Gasteiger partial charge >= 0.3 is 0 Å². The molecule has 0 spiro atoms. The van der Waals surface area contributed by atoms with Crippen molar-refractivity contribution in [2.24, 2.45) is 0 Å². The van der Waals surface area contributed by atoms with Gasteiger partial charge in [0.15, 0.2) is 23.0 Å². The van der Waals surface area contributed by atoms with Crippen LogP contribution >= 0.6 is 46.4 Å². The predicted octanol–water partition coefficient (Wildman–Crippen LogP) is 7.10. The Labute approximate surface area is 221 Å². The van der Waals surface area contributed by atoms with Crippen molar-refractivity contribution < 1.29 is 24.2 Å². The molecule has 4 rings (SSSR count). The first-order chi connectivity index (χ1) is 16.7. The SMILES string of the molecule is COc1ccc(N2C(=O)C(O)=C(C(=O)c3ccc(Cl)c(Cl)c3Cl)C2c2ccc(Cl)cc2)cc1OC. The molecule has 0 bridgehead atoms. The van der Waals surface area contributed by atoms with Gasteiger partial charge in [-0.25, -0.2) is 0 Å². The molecular formula is C25H17Cl4NO5. The second-order valence-electron chi connectivity index (χ2n) is 7.48. The molecule has 1 heterocycles. The molecule has 0 radical (unpaired) electrons. The van der Waals surface area contributed by atoms with Crippen molar-refractivity contribution in [2.75, 3.05) is 19.1 Å². The highest BCUT2D eigenvalue weighted by molar-refractivity contribution is 6.49. The van der Waals surface area contributed by atoms with Crippen molar-refractivity contribution >= 4 is 63.8 Å². The average molecular weight is 553 g/mol. The van der Waals surface area contributed by atoms with Crippen LogP contribution in [-0.2, 0) is 4.79 Å². The second kappa shape index (κ2) is 9.99. The summed E-state index contributed by atoms with van der Waals surface area (Å²) in [5.74, 6) is -1.37. The van der Waals surface area contributed by atoms with Crippen molar-refractivity contribution in [3.63, 3.8) is 0 Å². The van der Waals surface area contributed by atoms with E-state index >= 15 is 0 Å². The first-order valence-corrected chi connectivity index (χ1v) is 11.6. The molecule has 1 unspecified atom stereocenters. The number of aliphatic hydroxyl groups is 1. The van der Waals surface area contributed by atoms with Gasteiger partial charge in [0.1, 0.15) is 0 Å². The van der Waals surface area contributed by atoms with Gasteiger partial charge in [-0.05, 0) is 42.0 Å².